The molecule has 0 spiro atoms. The lowest BCUT2D eigenvalue weighted by Crippen LogP contribution is -2.12. The predicted molar refractivity (Wildman–Crippen MR) is 98.8 cm³/mol. The summed E-state index contributed by atoms with van der Waals surface area (Å²) in [5, 5.41) is 0.657. The van der Waals surface area contributed by atoms with Gasteiger partial charge in [0, 0.05) is 16.3 Å². The maximum atomic E-state index is 6.37. The molecule has 2 nitrogen and oxygen atoms in total. The first kappa shape index (κ1) is 16.4. The van der Waals surface area contributed by atoms with Crippen molar-refractivity contribution in [2.24, 2.45) is 0 Å². The summed E-state index contributed by atoms with van der Waals surface area (Å²) in [6.45, 7) is 1.03. The smallest absolute Gasteiger partial charge is 0.138 e. The van der Waals surface area contributed by atoms with Gasteiger partial charge in [0.05, 0.1) is 12.1 Å². The minimum atomic E-state index is 0.657. The van der Waals surface area contributed by atoms with Crippen molar-refractivity contribution >= 4 is 28.9 Å². The van der Waals surface area contributed by atoms with Crippen LogP contribution in [0.1, 0.15) is 17.5 Å². The van der Waals surface area contributed by atoms with Crippen LogP contribution in [-0.2, 0) is 0 Å². The van der Waals surface area contributed by atoms with Gasteiger partial charge >= 0.3 is 0 Å². The number of halogens is 1. The van der Waals surface area contributed by atoms with Crippen molar-refractivity contribution in [1.82, 2.24) is 4.90 Å². The molecule has 0 saturated carbocycles. The van der Waals surface area contributed by atoms with Crippen LogP contribution >= 0.6 is 23.4 Å². The normalized spacial score (nSPS) is 14.7. The Kier molecular flexibility index (Phi) is 5.00. The molecule has 120 valence electrons. The summed E-state index contributed by atoms with van der Waals surface area (Å²) < 4.78 is 5.38. The second-order valence-electron chi connectivity index (χ2n) is 5.79. The Morgan fingerprint density at radius 3 is 2.65 bits per heavy atom. The molecular weight excluding hydrogens is 326 g/mol. The number of methoxy groups -OCH3 is 1. The summed E-state index contributed by atoms with van der Waals surface area (Å²) in [5.74, 6) is 0.727. The Labute approximate surface area is 147 Å². The first-order chi connectivity index (χ1) is 11.1. The van der Waals surface area contributed by atoms with E-state index < -0.39 is 0 Å². The van der Waals surface area contributed by atoms with Gasteiger partial charge in [-0.05, 0) is 55.4 Å². The van der Waals surface area contributed by atoms with Crippen LogP contribution in [0.2, 0.25) is 5.02 Å². The van der Waals surface area contributed by atoms with Gasteiger partial charge in [0.15, 0.2) is 0 Å². The lowest BCUT2D eigenvalue weighted by Gasteiger charge is -2.23. The van der Waals surface area contributed by atoms with E-state index in [1.54, 1.807) is 18.9 Å². The molecule has 3 rings (SSSR count). The zero-order valence-electron chi connectivity index (χ0n) is 13.6. The van der Waals surface area contributed by atoms with Crippen molar-refractivity contribution in [3.05, 3.63) is 58.6 Å². The summed E-state index contributed by atoms with van der Waals surface area (Å²) in [5.41, 5.74) is 3.74. The van der Waals surface area contributed by atoms with Crippen LogP contribution in [0.3, 0.4) is 0 Å². The van der Waals surface area contributed by atoms with E-state index in [1.807, 2.05) is 12.1 Å². The van der Waals surface area contributed by atoms with Crippen LogP contribution < -0.4 is 4.74 Å². The minimum Gasteiger partial charge on any atom is -0.495 e. The summed E-state index contributed by atoms with van der Waals surface area (Å²) >= 11 is 8.14. The zero-order chi connectivity index (χ0) is 16.4. The molecule has 0 atom stereocenters. The maximum absolute atomic E-state index is 6.37. The lowest BCUT2D eigenvalue weighted by atomic mass is 9.96. The summed E-state index contributed by atoms with van der Waals surface area (Å²) in [7, 11) is 5.85. The highest BCUT2D eigenvalue weighted by Crippen LogP contribution is 2.48. The molecule has 0 aromatic heterocycles. The van der Waals surface area contributed by atoms with Crippen LogP contribution in [0.25, 0.3) is 5.57 Å². The first-order valence-corrected chi connectivity index (χ1v) is 8.79. The fourth-order valence-electron chi connectivity index (χ4n) is 2.71. The second kappa shape index (κ2) is 7.00. The molecule has 1 heterocycles. The third-order valence-corrected chi connectivity index (χ3v) is 5.30. The highest BCUT2D eigenvalue weighted by Gasteiger charge is 2.22. The van der Waals surface area contributed by atoms with Gasteiger partial charge in [-0.25, -0.2) is 0 Å². The highest BCUT2D eigenvalue weighted by molar-refractivity contribution is 7.99. The third kappa shape index (κ3) is 3.42. The van der Waals surface area contributed by atoms with Gasteiger partial charge in [-0.1, -0.05) is 47.6 Å². The third-order valence-electron chi connectivity index (χ3n) is 3.87. The van der Waals surface area contributed by atoms with Gasteiger partial charge in [-0.3, -0.25) is 0 Å². The molecule has 0 radical (unpaired) electrons. The largest absolute Gasteiger partial charge is 0.495 e. The average Bonchev–Trinajstić information content (AvgIpc) is 2.54. The fourth-order valence-corrected chi connectivity index (χ4v) is 4.07. The van der Waals surface area contributed by atoms with Gasteiger partial charge in [0.2, 0.25) is 0 Å². The average molecular weight is 346 g/mol. The van der Waals surface area contributed by atoms with Crippen LogP contribution in [0.15, 0.2) is 52.3 Å². The first-order valence-electron chi connectivity index (χ1n) is 7.60. The molecule has 0 aliphatic carbocycles. The summed E-state index contributed by atoms with van der Waals surface area (Å²) in [6, 6.07) is 12.6. The van der Waals surface area contributed by atoms with E-state index in [0.29, 0.717) is 5.02 Å². The second-order valence-corrected chi connectivity index (χ2v) is 7.28. The van der Waals surface area contributed by atoms with Gasteiger partial charge < -0.3 is 9.64 Å². The van der Waals surface area contributed by atoms with E-state index >= 15 is 0 Å². The van der Waals surface area contributed by atoms with Crippen LogP contribution in [0, 0.1) is 0 Å². The zero-order valence-corrected chi connectivity index (χ0v) is 15.2. The Morgan fingerprint density at radius 2 is 1.91 bits per heavy atom. The Morgan fingerprint density at radius 1 is 1.13 bits per heavy atom. The molecule has 2 aromatic rings. The molecule has 0 N–H and O–H groups in total. The van der Waals surface area contributed by atoms with Gasteiger partial charge in [0.25, 0.3) is 0 Å². The number of rotatable bonds is 4. The van der Waals surface area contributed by atoms with Crippen molar-refractivity contribution in [2.45, 2.75) is 16.2 Å². The number of nitrogens with zero attached hydrogens (tertiary/aromatic N) is 1. The van der Waals surface area contributed by atoms with Gasteiger partial charge in [0.1, 0.15) is 5.75 Å². The fraction of sp³-hybridized carbons (Fsp3) is 0.263. The molecular formula is C19H20ClNOS. The van der Waals surface area contributed by atoms with Crippen molar-refractivity contribution in [3.63, 3.8) is 0 Å². The van der Waals surface area contributed by atoms with E-state index in [0.717, 1.165) is 18.7 Å². The van der Waals surface area contributed by atoms with E-state index in [4.69, 9.17) is 16.3 Å². The standard InChI is InChI=1S/C19H20ClNOS/c1-21(2)10-6-8-13-14-7-4-5-9-18(14)23-19-12-17(22-3)16(20)11-15(13)19/h4-5,7-9,11-12H,6,10H2,1-3H3/b13-8+. The molecule has 4 heteroatoms. The number of hydrogen-bond donors (Lipinski definition) is 0. The van der Waals surface area contributed by atoms with Crippen molar-refractivity contribution in [1.29, 1.82) is 0 Å². The number of hydrogen-bond acceptors (Lipinski definition) is 3. The quantitative estimate of drug-likeness (QED) is 0.645. The SMILES string of the molecule is COc1cc2c(cc1Cl)/C(=C/CCN(C)C)c1ccccc1S2. The minimum absolute atomic E-state index is 0.657. The molecule has 1 aliphatic rings. The predicted octanol–water partition coefficient (Wildman–Crippen LogP) is 5.20. The Balaban J connectivity index is 2.09. The number of fused-ring (bicyclic) bond motifs is 2. The molecule has 23 heavy (non-hydrogen) atoms. The number of ether oxygens (including phenoxy) is 1. The molecule has 0 unspecified atom stereocenters. The van der Waals surface area contributed by atoms with E-state index in [2.05, 4.69) is 49.3 Å². The molecule has 0 fully saturated rings. The summed E-state index contributed by atoms with van der Waals surface area (Å²) in [6.07, 6.45) is 3.32. The molecule has 1 aliphatic heterocycles. The number of benzene rings is 2. The topological polar surface area (TPSA) is 12.5 Å². The van der Waals surface area contributed by atoms with Gasteiger partial charge in [-0.15, -0.1) is 0 Å². The Hall–Kier alpha value is -1.42. The van der Waals surface area contributed by atoms with Crippen LogP contribution in [0.4, 0.5) is 0 Å². The summed E-state index contributed by atoms with van der Waals surface area (Å²) in [4.78, 5) is 4.67. The van der Waals surface area contributed by atoms with Crippen molar-refractivity contribution in [3.8, 4) is 5.75 Å². The van der Waals surface area contributed by atoms with Crippen molar-refractivity contribution in [2.75, 3.05) is 27.7 Å². The highest BCUT2D eigenvalue weighted by atomic mass is 35.5. The molecule has 2 aromatic carbocycles. The van der Waals surface area contributed by atoms with Crippen LogP contribution in [-0.4, -0.2) is 32.6 Å². The van der Waals surface area contributed by atoms with E-state index in [9.17, 15) is 0 Å². The van der Waals surface area contributed by atoms with Crippen LogP contribution in [0.5, 0.6) is 5.75 Å². The molecule has 0 bridgehead atoms. The van der Waals surface area contributed by atoms with Gasteiger partial charge in [-0.2, -0.15) is 0 Å². The van der Waals surface area contributed by atoms with E-state index in [1.165, 1.54) is 26.5 Å². The van der Waals surface area contributed by atoms with E-state index in [-0.39, 0.29) is 0 Å². The Bertz CT molecular complexity index is 755. The van der Waals surface area contributed by atoms with Crippen molar-refractivity contribution < 1.29 is 4.74 Å². The lowest BCUT2D eigenvalue weighted by molar-refractivity contribution is 0.414. The monoisotopic (exact) mass is 345 g/mol. The molecule has 0 saturated heterocycles. The maximum Gasteiger partial charge on any atom is 0.138 e. The molecule has 0 amide bonds.